The van der Waals surface area contributed by atoms with Crippen LogP contribution in [0.25, 0.3) is 0 Å². The lowest BCUT2D eigenvalue weighted by Crippen LogP contribution is -2.29. The summed E-state index contributed by atoms with van der Waals surface area (Å²) >= 11 is 6.14. The van der Waals surface area contributed by atoms with Gasteiger partial charge < -0.3 is 10.2 Å². The number of halogens is 1. The van der Waals surface area contributed by atoms with Crippen LogP contribution in [0.5, 0.6) is 0 Å². The summed E-state index contributed by atoms with van der Waals surface area (Å²) in [7, 11) is 0. The average molecular weight is 296 g/mol. The quantitative estimate of drug-likeness (QED) is 0.905. The molecule has 1 atom stereocenters. The standard InChI is InChI=1S/C15H22ClN3O/c1-3-8-17-13-6-5-12(16)14(18-13)15(20)19-9-7-11(4-2)10-19/h5-6,11H,3-4,7-10H2,1-2H3,(H,17,18). The van der Waals surface area contributed by atoms with E-state index >= 15 is 0 Å². The molecule has 1 aromatic heterocycles. The molecule has 1 fully saturated rings. The molecule has 1 aromatic rings. The van der Waals surface area contributed by atoms with E-state index in [1.54, 1.807) is 6.07 Å². The van der Waals surface area contributed by atoms with E-state index in [0.29, 0.717) is 22.5 Å². The number of carbonyl (C=O) groups is 1. The third-order valence-electron chi connectivity index (χ3n) is 3.76. The van der Waals surface area contributed by atoms with Crippen LogP contribution in [0.4, 0.5) is 5.82 Å². The molecule has 2 rings (SSSR count). The maximum atomic E-state index is 12.5. The predicted molar refractivity (Wildman–Crippen MR) is 82.3 cm³/mol. The lowest BCUT2D eigenvalue weighted by molar-refractivity contribution is 0.0781. The largest absolute Gasteiger partial charge is 0.370 e. The molecule has 1 N–H and O–H groups in total. The zero-order valence-corrected chi connectivity index (χ0v) is 12.9. The molecular formula is C15H22ClN3O. The Kier molecular flexibility index (Phi) is 5.24. The number of amides is 1. The first-order valence-corrected chi connectivity index (χ1v) is 7.73. The Balaban J connectivity index is 2.12. The maximum Gasteiger partial charge on any atom is 0.274 e. The predicted octanol–water partition coefficient (Wildman–Crippen LogP) is 3.43. The number of pyridine rings is 1. The highest BCUT2D eigenvalue weighted by molar-refractivity contribution is 6.33. The van der Waals surface area contributed by atoms with Gasteiger partial charge in [-0.2, -0.15) is 0 Å². The molecule has 110 valence electrons. The van der Waals surface area contributed by atoms with Crippen LogP contribution in [0.1, 0.15) is 43.6 Å². The lowest BCUT2D eigenvalue weighted by Gasteiger charge is -2.17. The molecule has 0 radical (unpaired) electrons. The number of hydrogen-bond donors (Lipinski definition) is 1. The van der Waals surface area contributed by atoms with Gasteiger partial charge in [0.25, 0.3) is 5.91 Å². The molecule has 1 unspecified atom stereocenters. The molecule has 1 amide bonds. The first kappa shape index (κ1) is 15.1. The molecule has 4 nitrogen and oxygen atoms in total. The van der Waals surface area contributed by atoms with Gasteiger partial charge in [-0.1, -0.05) is 31.9 Å². The van der Waals surface area contributed by atoms with E-state index in [1.165, 1.54) is 0 Å². The minimum Gasteiger partial charge on any atom is -0.370 e. The highest BCUT2D eigenvalue weighted by Crippen LogP contribution is 2.24. The van der Waals surface area contributed by atoms with Crippen LogP contribution in [-0.4, -0.2) is 35.4 Å². The molecule has 1 aliphatic rings. The molecule has 0 bridgehead atoms. The number of nitrogens with zero attached hydrogens (tertiary/aromatic N) is 2. The van der Waals surface area contributed by atoms with Crippen LogP contribution >= 0.6 is 11.6 Å². The second kappa shape index (κ2) is 6.93. The van der Waals surface area contributed by atoms with Crippen molar-refractivity contribution in [1.82, 2.24) is 9.88 Å². The van der Waals surface area contributed by atoms with Crippen molar-refractivity contribution in [3.63, 3.8) is 0 Å². The van der Waals surface area contributed by atoms with Gasteiger partial charge in [0.2, 0.25) is 0 Å². The maximum absolute atomic E-state index is 12.5. The van der Waals surface area contributed by atoms with E-state index in [4.69, 9.17) is 11.6 Å². The van der Waals surface area contributed by atoms with Gasteiger partial charge in [-0.05, 0) is 30.9 Å². The summed E-state index contributed by atoms with van der Waals surface area (Å²) in [5.41, 5.74) is 0.365. The second-order valence-electron chi connectivity index (χ2n) is 5.27. The van der Waals surface area contributed by atoms with Crippen molar-refractivity contribution in [2.75, 3.05) is 25.0 Å². The lowest BCUT2D eigenvalue weighted by atomic mass is 10.1. The molecule has 0 spiro atoms. The van der Waals surface area contributed by atoms with Crippen molar-refractivity contribution < 1.29 is 4.79 Å². The Labute approximate surface area is 125 Å². The van der Waals surface area contributed by atoms with Crippen LogP contribution in [0.3, 0.4) is 0 Å². The molecule has 1 aliphatic heterocycles. The normalized spacial score (nSPS) is 18.4. The van der Waals surface area contributed by atoms with E-state index in [9.17, 15) is 4.79 Å². The van der Waals surface area contributed by atoms with Crippen molar-refractivity contribution in [3.05, 3.63) is 22.8 Å². The Morgan fingerprint density at radius 3 is 2.95 bits per heavy atom. The van der Waals surface area contributed by atoms with E-state index in [2.05, 4.69) is 24.1 Å². The highest BCUT2D eigenvalue weighted by atomic mass is 35.5. The van der Waals surface area contributed by atoms with Crippen molar-refractivity contribution in [1.29, 1.82) is 0 Å². The van der Waals surface area contributed by atoms with Gasteiger partial charge in [0, 0.05) is 19.6 Å². The Morgan fingerprint density at radius 2 is 2.30 bits per heavy atom. The van der Waals surface area contributed by atoms with E-state index < -0.39 is 0 Å². The molecule has 2 heterocycles. The number of aromatic nitrogens is 1. The van der Waals surface area contributed by atoms with E-state index in [1.807, 2.05) is 11.0 Å². The third-order valence-corrected chi connectivity index (χ3v) is 4.06. The zero-order chi connectivity index (χ0) is 14.5. The van der Waals surface area contributed by atoms with Gasteiger partial charge in [-0.3, -0.25) is 4.79 Å². The Bertz CT molecular complexity index is 478. The van der Waals surface area contributed by atoms with Gasteiger partial charge in [0.1, 0.15) is 11.5 Å². The summed E-state index contributed by atoms with van der Waals surface area (Å²) in [6.45, 7) is 6.72. The monoisotopic (exact) mass is 295 g/mol. The summed E-state index contributed by atoms with van der Waals surface area (Å²) in [6.07, 6.45) is 3.20. The minimum absolute atomic E-state index is 0.0499. The molecule has 5 heteroatoms. The van der Waals surface area contributed by atoms with Crippen LogP contribution < -0.4 is 5.32 Å². The Hall–Kier alpha value is -1.29. The molecule has 0 aromatic carbocycles. The first-order chi connectivity index (χ1) is 9.65. The first-order valence-electron chi connectivity index (χ1n) is 7.35. The topological polar surface area (TPSA) is 45.2 Å². The fourth-order valence-electron chi connectivity index (χ4n) is 2.44. The molecule has 0 aliphatic carbocycles. The fourth-order valence-corrected chi connectivity index (χ4v) is 2.63. The van der Waals surface area contributed by atoms with Crippen molar-refractivity contribution in [3.8, 4) is 0 Å². The molecule has 0 saturated carbocycles. The summed E-state index contributed by atoms with van der Waals surface area (Å²) in [5.74, 6) is 1.27. The van der Waals surface area contributed by atoms with Crippen LogP contribution in [0.2, 0.25) is 5.02 Å². The zero-order valence-electron chi connectivity index (χ0n) is 12.2. The van der Waals surface area contributed by atoms with Gasteiger partial charge in [0.05, 0.1) is 5.02 Å². The second-order valence-corrected chi connectivity index (χ2v) is 5.68. The van der Waals surface area contributed by atoms with Crippen LogP contribution in [0.15, 0.2) is 12.1 Å². The Morgan fingerprint density at radius 1 is 1.50 bits per heavy atom. The van der Waals surface area contributed by atoms with Crippen molar-refractivity contribution >= 4 is 23.3 Å². The van der Waals surface area contributed by atoms with Crippen LogP contribution in [-0.2, 0) is 0 Å². The summed E-state index contributed by atoms with van der Waals surface area (Å²) in [6, 6.07) is 3.56. The minimum atomic E-state index is -0.0499. The SMILES string of the molecule is CCCNc1ccc(Cl)c(C(=O)N2CCC(CC)C2)n1. The van der Waals surface area contributed by atoms with Gasteiger partial charge in [-0.15, -0.1) is 0 Å². The smallest absolute Gasteiger partial charge is 0.274 e. The van der Waals surface area contributed by atoms with Gasteiger partial charge >= 0.3 is 0 Å². The summed E-state index contributed by atoms with van der Waals surface area (Å²) in [5, 5.41) is 3.61. The van der Waals surface area contributed by atoms with Crippen molar-refractivity contribution in [2.45, 2.75) is 33.1 Å². The number of likely N-dealkylation sites (tertiary alicyclic amines) is 1. The number of carbonyl (C=O) groups excluding carboxylic acids is 1. The number of nitrogens with one attached hydrogen (secondary N) is 1. The number of anilines is 1. The van der Waals surface area contributed by atoms with E-state index in [0.717, 1.165) is 38.9 Å². The molecule has 1 saturated heterocycles. The summed E-state index contributed by atoms with van der Waals surface area (Å²) in [4.78, 5) is 18.7. The van der Waals surface area contributed by atoms with Crippen molar-refractivity contribution in [2.24, 2.45) is 5.92 Å². The van der Waals surface area contributed by atoms with E-state index in [-0.39, 0.29) is 5.91 Å². The van der Waals surface area contributed by atoms with Gasteiger partial charge in [-0.25, -0.2) is 4.98 Å². The van der Waals surface area contributed by atoms with Crippen LogP contribution in [0, 0.1) is 5.92 Å². The third kappa shape index (κ3) is 3.42. The van der Waals surface area contributed by atoms with Gasteiger partial charge in [0.15, 0.2) is 0 Å². The fraction of sp³-hybridized carbons (Fsp3) is 0.600. The number of rotatable bonds is 5. The highest BCUT2D eigenvalue weighted by Gasteiger charge is 2.27. The summed E-state index contributed by atoms with van der Waals surface area (Å²) < 4.78 is 0. The molecular weight excluding hydrogens is 274 g/mol. The average Bonchev–Trinajstić information content (AvgIpc) is 2.94. The molecule has 20 heavy (non-hydrogen) atoms. The number of hydrogen-bond acceptors (Lipinski definition) is 3.